The molecule has 0 heterocycles. The van der Waals surface area contributed by atoms with Crippen LogP contribution >= 0.6 is 0 Å². The second kappa shape index (κ2) is 4.60. The molecular weight excluding hydrogens is 164 g/mol. The van der Waals surface area contributed by atoms with Crippen LogP contribution in [0.25, 0.3) is 0 Å². The van der Waals surface area contributed by atoms with E-state index in [0.717, 1.165) is 5.57 Å². The van der Waals surface area contributed by atoms with Gasteiger partial charge in [0.2, 0.25) is 0 Å². The fourth-order valence-electron chi connectivity index (χ4n) is 1.13. The van der Waals surface area contributed by atoms with Crippen LogP contribution in [0.2, 0.25) is 0 Å². The Morgan fingerprint density at radius 2 is 2.46 bits per heavy atom. The number of nitrogens with zero attached hydrogens (tertiary/aromatic N) is 1. The maximum absolute atomic E-state index is 11.4. The number of nitrogens with one attached hydrogen (secondary N) is 1. The summed E-state index contributed by atoms with van der Waals surface area (Å²) in [6.07, 6.45) is 9.13. The van der Waals surface area contributed by atoms with Crippen molar-refractivity contribution in [3.8, 4) is 0 Å². The minimum absolute atomic E-state index is 0.0869. The van der Waals surface area contributed by atoms with Crippen LogP contribution in [0, 0.1) is 12.3 Å². The van der Waals surface area contributed by atoms with E-state index < -0.39 is 0 Å². The molecule has 1 unspecified atom stereocenters. The molecule has 0 bridgehead atoms. The van der Waals surface area contributed by atoms with E-state index in [1.165, 1.54) is 0 Å². The highest BCUT2D eigenvalue weighted by molar-refractivity contribution is 5.84. The van der Waals surface area contributed by atoms with Gasteiger partial charge < -0.3 is 0 Å². The average Bonchev–Trinajstić information content (AvgIpc) is 2.15. The monoisotopic (exact) mass is 177 g/mol. The quantitative estimate of drug-likeness (QED) is 0.503. The van der Waals surface area contributed by atoms with Gasteiger partial charge in [-0.3, -0.25) is 4.79 Å². The smallest absolute Gasteiger partial charge is 0.251 e. The molecule has 1 N–H and O–H groups in total. The van der Waals surface area contributed by atoms with Gasteiger partial charge in [-0.1, -0.05) is 23.8 Å². The highest BCUT2D eigenvalue weighted by atomic mass is 16.2. The van der Waals surface area contributed by atoms with Gasteiger partial charge in [0.15, 0.2) is 0 Å². The van der Waals surface area contributed by atoms with Crippen LogP contribution in [0.15, 0.2) is 28.9 Å². The summed E-state index contributed by atoms with van der Waals surface area (Å²) in [7, 11) is 0. The van der Waals surface area contributed by atoms with Gasteiger partial charge in [-0.05, 0) is 13.8 Å². The maximum Gasteiger partial charge on any atom is 0.251 e. The van der Waals surface area contributed by atoms with E-state index in [9.17, 15) is 4.79 Å². The van der Waals surface area contributed by atoms with Gasteiger partial charge >= 0.3 is 0 Å². The molecule has 0 aliphatic heterocycles. The Morgan fingerprint density at radius 1 is 1.69 bits per heavy atom. The van der Waals surface area contributed by atoms with Crippen LogP contribution in [-0.4, -0.2) is 12.1 Å². The number of carbonyl (C=O) groups excluding carboxylic acids is 1. The van der Waals surface area contributed by atoms with Crippen molar-refractivity contribution in [1.82, 2.24) is 5.43 Å². The summed E-state index contributed by atoms with van der Waals surface area (Å²) >= 11 is 0. The van der Waals surface area contributed by atoms with Crippen molar-refractivity contribution in [2.75, 3.05) is 0 Å². The van der Waals surface area contributed by atoms with Gasteiger partial charge in [0.25, 0.3) is 5.91 Å². The molecule has 0 saturated carbocycles. The van der Waals surface area contributed by atoms with Gasteiger partial charge in [-0.15, -0.1) is 0 Å². The Morgan fingerprint density at radius 3 is 3.08 bits per heavy atom. The molecule has 0 saturated heterocycles. The van der Waals surface area contributed by atoms with Gasteiger partial charge in [0.1, 0.15) is 0 Å². The molecule has 1 amide bonds. The maximum atomic E-state index is 11.4. The van der Waals surface area contributed by atoms with E-state index in [-0.39, 0.29) is 11.8 Å². The minimum atomic E-state index is -0.173. The first-order valence-corrected chi connectivity index (χ1v) is 4.21. The largest absolute Gasteiger partial charge is 0.272 e. The Kier molecular flexibility index (Phi) is 3.43. The number of hydrazone groups is 1. The van der Waals surface area contributed by atoms with Gasteiger partial charge in [0.05, 0.1) is 5.92 Å². The van der Waals surface area contributed by atoms with Crippen LogP contribution in [0.4, 0.5) is 0 Å². The molecule has 13 heavy (non-hydrogen) atoms. The lowest BCUT2D eigenvalue weighted by Gasteiger charge is -2.14. The summed E-state index contributed by atoms with van der Waals surface area (Å²) in [6.45, 7) is 3.69. The molecule has 1 rings (SSSR count). The molecule has 0 aromatic rings. The number of carbonyl (C=O) groups is 1. The molecule has 0 fully saturated rings. The summed E-state index contributed by atoms with van der Waals surface area (Å²) in [5, 5.41) is 3.69. The number of hydrogen-bond donors (Lipinski definition) is 1. The van der Waals surface area contributed by atoms with E-state index in [1.807, 2.05) is 31.6 Å². The second-order valence-corrected chi connectivity index (χ2v) is 2.83. The van der Waals surface area contributed by atoms with E-state index in [2.05, 4.69) is 10.5 Å². The molecule has 0 aromatic carbocycles. The van der Waals surface area contributed by atoms with E-state index in [1.54, 1.807) is 13.1 Å². The predicted molar refractivity (Wildman–Crippen MR) is 53.0 cm³/mol. The Balaban J connectivity index is 2.60. The third-order valence-corrected chi connectivity index (χ3v) is 1.85. The first-order valence-electron chi connectivity index (χ1n) is 4.21. The summed E-state index contributed by atoms with van der Waals surface area (Å²) in [6, 6.07) is 0. The minimum Gasteiger partial charge on any atom is -0.272 e. The molecule has 1 aliphatic rings. The third kappa shape index (κ3) is 2.54. The standard InChI is InChI=1S/C10H13N2O/c1-3-11-12-10(13)9-7-5-4-6-8(9)2/h3-7,9H,1-2H3,(H,12,13)/b11-3+. The van der Waals surface area contributed by atoms with Gasteiger partial charge in [-0.2, -0.15) is 5.10 Å². The number of hydrogen-bond acceptors (Lipinski definition) is 2. The van der Waals surface area contributed by atoms with Crippen LogP contribution in [0.5, 0.6) is 0 Å². The molecule has 3 heteroatoms. The lowest BCUT2D eigenvalue weighted by molar-refractivity contribution is -0.122. The fraction of sp³-hybridized carbons (Fsp3) is 0.300. The fourth-order valence-corrected chi connectivity index (χ4v) is 1.13. The van der Waals surface area contributed by atoms with Crippen molar-refractivity contribution in [3.63, 3.8) is 0 Å². The molecule has 0 aromatic heterocycles. The van der Waals surface area contributed by atoms with Crippen molar-refractivity contribution in [2.24, 2.45) is 11.0 Å². The number of amides is 1. The molecule has 69 valence electrons. The summed E-state index contributed by atoms with van der Waals surface area (Å²) in [5.74, 6) is -0.259. The van der Waals surface area contributed by atoms with Crippen LogP contribution in [0.3, 0.4) is 0 Å². The van der Waals surface area contributed by atoms with Crippen molar-refractivity contribution in [3.05, 3.63) is 30.2 Å². The second-order valence-electron chi connectivity index (χ2n) is 2.83. The number of allylic oxidation sites excluding steroid dienone is 2. The number of rotatable bonds is 2. The molecule has 0 spiro atoms. The molecule has 1 atom stereocenters. The lowest BCUT2D eigenvalue weighted by atomic mass is 9.94. The normalized spacial score (nSPS) is 21.7. The van der Waals surface area contributed by atoms with Crippen molar-refractivity contribution < 1.29 is 4.79 Å². The first kappa shape index (κ1) is 9.71. The molecular formula is C10H13N2O. The first-order chi connectivity index (χ1) is 6.25. The van der Waals surface area contributed by atoms with Crippen molar-refractivity contribution in [2.45, 2.75) is 13.8 Å². The predicted octanol–water partition coefficient (Wildman–Crippen LogP) is 1.44. The molecule has 3 nitrogen and oxygen atoms in total. The average molecular weight is 177 g/mol. The van der Waals surface area contributed by atoms with E-state index in [0.29, 0.717) is 0 Å². The lowest BCUT2D eigenvalue weighted by Crippen LogP contribution is -2.27. The Labute approximate surface area is 78.2 Å². The van der Waals surface area contributed by atoms with Gasteiger partial charge in [0, 0.05) is 12.6 Å². The van der Waals surface area contributed by atoms with E-state index >= 15 is 0 Å². The SMILES string of the molecule is C/C=N/NC(=O)C1C=C[CH]C=C1C. The zero-order chi connectivity index (χ0) is 9.68. The topological polar surface area (TPSA) is 41.5 Å². The van der Waals surface area contributed by atoms with Gasteiger partial charge in [-0.25, -0.2) is 5.43 Å². The van der Waals surface area contributed by atoms with E-state index in [4.69, 9.17) is 0 Å². The zero-order valence-corrected chi connectivity index (χ0v) is 7.82. The molecule has 1 aliphatic carbocycles. The Bertz CT molecular complexity index is 277. The molecule has 1 radical (unpaired) electrons. The summed E-state index contributed by atoms with van der Waals surface area (Å²) in [5.41, 5.74) is 3.49. The summed E-state index contributed by atoms with van der Waals surface area (Å²) in [4.78, 5) is 11.4. The van der Waals surface area contributed by atoms with Crippen LogP contribution < -0.4 is 5.43 Å². The zero-order valence-electron chi connectivity index (χ0n) is 7.82. The highest BCUT2D eigenvalue weighted by Crippen LogP contribution is 2.17. The third-order valence-electron chi connectivity index (χ3n) is 1.85. The van der Waals surface area contributed by atoms with Crippen LogP contribution in [0.1, 0.15) is 13.8 Å². The van der Waals surface area contributed by atoms with Crippen molar-refractivity contribution >= 4 is 12.1 Å². The highest BCUT2D eigenvalue weighted by Gasteiger charge is 2.17. The summed E-state index contributed by atoms with van der Waals surface area (Å²) < 4.78 is 0. The Hall–Kier alpha value is -1.38. The van der Waals surface area contributed by atoms with Crippen molar-refractivity contribution in [1.29, 1.82) is 0 Å². The van der Waals surface area contributed by atoms with Crippen LogP contribution in [-0.2, 0) is 4.79 Å².